The summed E-state index contributed by atoms with van der Waals surface area (Å²) in [6, 6.07) is 0.486. The third-order valence-corrected chi connectivity index (χ3v) is 3.62. The first-order chi connectivity index (χ1) is 6.34. The second kappa shape index (κ2) is 7.72. The van der Waals surface area contributed by atoms with Crippen molar-refractivity contribution in [3.05, 3.63) is 0 Å². The fourth-order valence-corrected chi connectivity index (χ4v) is 2.69. The van der Waals surface area contributed by atoms with Gasteiger partial charge in [0.25, 0.3) is 0 Å². The highest BCUT2D eigenvalue weighted by atomic mass is 35.5. The van der Waals surface area contributed by atoms with Gasteiger partial charge >= 0.3 is 0 Å². The van der Waals surface area contributed by atoms with Gasteiger partial charge in [0.2, 0.25) is 0 Å². The molecule has 15 heavy (non-hydrogen) atoms. The third-order valence-electron chi connectivity index (χ3n) is 3.62. The number of hydrogen-bond acceptors (Lipinski definition) is 2. The zero-order valence-corrected chi connectivity index (χ0v) is 11.0. The molecule has 0 amide bonds. The van der Waals surface area contributed by atoms with E-state index in [2.05, 4.69) is 4.90 Å². The van der Waals surface area contributed by atoms with E-state index in [-0.39, 0.29) is 24.8 Å². The molecule has 1 saturated carbocycles. The van der Waals surface area contributed by atoms with Crippen LogP contribution in [0.15, 0.2) is 0 Å². The maximum absolute atomic E-state index is 5.88. The van der Waals surface area contributed by atoms with E-state index in [0.717, 1.165) is 5.92 Å². The molecule has 4 heteroatoms. The van der Waals surface area contributed by atoms with Crippen LogP contribution in [-0.4, -0.2) is 30.6 Å². The number of likely N-dealkylation sites (tertiary alicyclic amines) is 1. The van der Waals surface area contributed by atoms with Crippen molar-refractivity contribution in [1.29, 1.82) is 0 Å². The van der Waals surface area contributed by atoms with Crippen molar-refractivity contribution in [2.75, 3.05) is 19.6 Å². The number of rotatable bonds is 2. The molecule has 92 valence electrons. The molecule has 2 N–H and O–H groups in total. The average Bonchev–Trinajstić information content (AvgIpc) is 2.62. The molecule has 2 fully saturated rings. The second-order valence-electron chi connectivity index (χ2n) is 4.79. The highest BCUT2D eigenvalue weighted by Crippen LogP contribution is 2.26. The van der Waals surface area contributed by atoms with E-state index in [4.69, 9.17) is 5.73 Å². The van der Waals surface area contributed by atoms with E-state index in [1.54, 1.807) is 0 Å². The molecule has 0 aromatic carbocycles. The van der Waals surface area contributed by atoms with Crippen LogP contribution in [0.2, 0.25) is 0 Å². The van der Waals surface area contributed by atoms with Crippen LogP contribution in [-0.2, 0) is 0 Å². The van der Waals surface area contributed by atoms with Crippen molar-refractivity contribution in [3.8, 4) is 0 Å². The Labute approximate surface area is 106 Å². The number of nitrogens with zero attached hydrogens (tertiary/aromatic N) is 1. The summed E-state index contributed by atoms with van der Waals surface area (Å²) in [4.78, 5) is 2.62. The van der Waals surface area contributed by atoms with Crippen LogP contribution < -0.4 is 5.73 Å². The normalized spacial score (nSPS) is 24.6. The molecule has 0 aromatic rings. The van der Waals surface area contributed by atoms with Crippen LogP contribution in [0.1, 0.15) is 38.5 Å². The Morgan fingerprint density at radius 2 is 1.47 bits per heavy atom. The molecule has 0 aromatic heterocycles. The molecule has 2 nitrogen and oxygen atoms in total. The molecule has 1 saturated heterocycles. The first-order valence-corrected chi connectivity index (χ1v) is 5.82. The van der Waals surface area contributed by atoms with Crippen molar-refractivity contribution < 1.29 is 0 Å². The Bertz CT molecular complexity index is 153. The standard InChI is InChI=1S/C11H22N2.2ClH/c12-11-5-7-13(8-6-11)9-10-3-1-2-4-10;;/h10-11H,1-9,12H2;2*1H. The van der Waals surface area contributed by atoms with Gasteiger partial charge in [-0.15, -0.1) is 24.8 Å². The Balaban J connectivity index is 0.000000980. The van der Waals surface area contributed by atoms with Crippen molar-refractivity contribution in [3.63, 3.8) is 0 Å². The lowest BCUT2D eigenvalue weighted by molar-refractivity contribution is 0.184. The van der Waals surface area contributed by atoms with Gasteiger partial charge in [0, 0.05) is 12.6 Å². The van der Waals surface area contributed by atoms with Crippen LogP contribution in [0, 0.1) is 5.92 Å². The first kappa shape index (κ1) is 15.5. The van der Waals surface area contributed by atoms with Crippen LogP contribution >= 0.6 is 24.8 Å². The molecule has 0 radical (unpaired) electrons. The summed E-state index contributed by atoms with van der Waals surface area (Å²) in [5.74, 6) is 1.01. The van der Waals surface area contributed by atoms with Crippen LogP contribution in [0.5, 0.6) is 0 Å². The van der Waals surface area contributed by atoms with E-state index in [0.29, 0.717) is 6.04 Å². The highest BCUT2D eigenvalue weighted by molar-refractivity contribution is 5.85. The fraction of sp³-hybridized carbons (Fsp3) is 1.00. The lowest BCUT2D eigenvalue weighted by Gasteiger charge is -2.31. The van der Waals surface area contributed by atoms with Gasteiger partial charge in [-0.3, -0.25) is 0 Å². The Morgan fingerprint density at radius 3 is 2.00 bits per heavy atom. The SMILES string of the molecule is Cl.Cl.NC1CCN(CC2CCCC2)CC1. The fourth-order valence-electron chi connectivity index (χ4n) is 2.69. The van der Waals surface area contributed by atoms with Gasteiger partial charge in [-0.05, 0) is 44.7 Å². The number of piperidine rings is 1. The summed E-state index contributed by atoms with van der Waals surface area (Å²) in [6.07, 6.45) is 8.32. The van der Waals surface area contributed by atoms with E-state index in [1.165, 1.54) is 58.2 Å². The van der Waals surface area contributed by atoms with Gasteiger partial charge in [-0.25, -0.2) is 0 Å². The number of hydrogen-bond donors (Lipinski definition) is 1. The summed E-state index contributed by atoms with van der Waals surface area (Å²) in [5.41, 5.74) is 5.88. The second-order valence-corrected chi connectivity index (χ2v) is 4.79. The van der Waals surface area contributed by atoms with Gasteiger partial charge in [0.1, 0.15) is 0 Å². The number of nitrogens with two attached hydrogens (primary N) is 1. The third kappa shape index (κ3) is 4.90. The maximum atomic E-state index is 5.88. The lowest BCUT2D eigenvalue weighted by Crippen LogP contribution is -2.41. The quantitative estimate of drug-likeness (QED) is 0.821. The van der Waals surface area contributed by atoms with Gasteiger partial charge in [0.05, 0.1) is 0 Å². The zero-order valence-electron chi connectivity index (χ0n) is 9.36. The Morgan fingerprint density at radius 1 is 0.933 bits per heavy atom. The predicted molar refractivity (Wildman–Crippen MR) is 70.1 cm³/mol. The minimum Gasteiger partial charge on any atom is -0.328 e. The Kier molecular flexibility index (Phi) is 7.98. The van der Waals surface area contributed by atoms with Gasteiger partial charge in [0.15, 0.2) is 0 Å². The molecule has 1 aliphatic carbocycles. The minimum atomic E-state index is 0. The molecule has 2 aliphatic rings. The topological polar surface area (TPSA) is 29.3 Å². The molecule has 2 rings (SSSR count). The van der Waals surface area contributed by atoms with Gasteiger partial charge in [-0.1, -0.05) is 12.8 Å². The minimum absolute atomic E-state index is 0. The summed E-state index contributed by atoms with van der Waals surface area (Å²) in [7, 11) is 0. The highest BCUT2D eigenvalue weighted by Gasteiger charge is 2.21. The summed E-state index contributed by atoms with van der Waals surface area (Å²) in [6.45, 7) is 3.85. The molecule has 1 heterocycles. The molecule has 0 unspecified atom stereocenters. The van der Waals surface area contributed by atoms with Crippen molar-refractivity contribution in [1.82, 2.24) is 4.90 Å². The smallest absolute Gasteiger partial charge is 0.00631 e. The largest absolute Gasteiger partial charge is 0.328 e. The van der Waals surface area contributed by atoms with E-state index in [1.807, 2.05) is 0 Å². The molecule has 0 atom stereocenters. The van der Waals surface area contributed by atoms with E-state index >= 15 is 0 Å². The Hall–Kier alpha value is 0.500. The van der Waals surface area contributed by atoms with Crippen LogP contribution in [0.3, 0.4) is 0 Å². The van der Waals surface area contributed by atoms with Gasteiger partial charge in [-0.2, -0.15) is 0 Å². The summed E-state index contributed by atoms with van der Waals surface area (Å²) >= 11 is 0. The molecular formula is C11H24Cl2N2. The number of halogens is 2. The summed E-state index contributed by atoms with van der Waals surface area (Å²) in [5, 5.41) is 0. The predicted octanol–water partition coefficient (Wildman–Crippen LogP) is 2.44. The molecular weight excluding hydrogens is 231 g/mol. The van der Waals surface area contributed by atoms with Crippen LogP contribution in [0.25, 0.3) is 0 Å². The van der Waals surface area contributed by atoms with Crippen molar-refractivity contribution in [2.45, 2.75) is 44.6 Å². The van der Waals surface area contributed by atoms with Gasteiger partial charge < -0.3 is 10.6 Å². The molecule has 0 spiro atoms. The molecule has 0 bridgehead atoms. The monoisotopic (exact) mass is 254 g/mol. The first-order valence-electron chi connectivity index (χ1n) is 5.82. The van der Waals surface area contributed by atoms with Crippen molar-refractivity contribution in [2.24, 2.45) is 11.7 Å². The molecule has 1 aliphatic heterocycles. The van der Waals surface area contributed by atoms with Crippen molar-refractivity contribution >= 4 is 24.8 Å². The van der Waals surface area contributed by atoms with E-state index in [9.17, 15) is 0 Å². The van der Waals surface area contributed by atoms with Crippen LogP contribution in [0.4, 0.5) is 0 Å². The summed E-state index contributed by atoms with van der Waals surface area (Å²) < 4.78 is 0. The maximum Gasteiger partial charge on any atom is 0.00631 e. The lowest BCUT2D eigenvalue weighted by atomic mass is 10.0. The zero-order chi connectivity index (χ0) is 9.10. The average molecular weight is 255 g/mol. The van der Waals surface area contributed by atoms with E-state index < -0.39 is 0 Å².